The van der Waals surface area contributed by atoms with Crippen molar-refractivity contribution in [2.75, 3.05) is 0 Å². The number of hydrogen-bond donors (Lipinski definition) is 0. The fourth-order valence-electron chi connectivity index (χ4n) is 1.43. The Morgan fingerprint density at radius 2 is 1.94 bits per heavy atom. The fraction of sp³-hybridized carbons (Fsp3) is 0.200. The summed E-state index contributed by atoms with van der Waals surface area (Å²) < 4.78 is 0. The first-order valence-electron chi connectivity index (χ1n) is 5.77. The molecule has 0 aliphatic rings. The second-order valence-electron chi connectivity index (χ2n) is 3.68. The normalized spacial score (nSPS) is 9.47. The molecule has 1 aromatic heterocycles. The van der Waals surface area contributed by atoms with Gasteiger partial charge < -0.3 is 0 Å². The van der Waals surface area contributed by atoms with Crippen molar-refractivity contribution in [2.45, 2.75) is 19.8 Å². The number of rotatable bonds is 2. The number of unbranched alkanes of at least 4 members (excludes halogenated alkanes) is 1. The second kappa shape index (κ2) is 5.81. The van der Waals surface area contributed by atoms with Crippen molar-refractivity contribution < 1.29 is 0 Å². The van der Waals surface area contributed by atoms with Crippen LogP contribution in [0.25, 0.3) is 11.4 Å². The maximum Gasteiger partial charge on any atom is 0.160 e. The van der Waals surface area contributed by atoms with Gasteiger partial charge in [0.05, 0.1) is 0 Å². The van der Waals surface area contributed by atoms with Gasteiger partial charge in [-0.2, -0.15) is 0 Å². The van der Waals surface area contributed by atoms with E-state index in [2.05, 4.69) is 28.7 Å². The third kappa shape index (κ3) is 3.15. The molecular formula is C15H14N2. The number of nitrogens with zero attached hydrogens (tertiary/aromatic N) is 2. The highest BCUT2D eigenvalue weighted by molar-refractivity contribution is 5.54. The zero-order valence-corrected chi connectivity index (χ0v) is 9.85. The van der Waals surface area contributed by atoms with E-state index in [9.17, 15) is 0 Å². The first kappa shape index (κ1) is 11.3. The average molecular weight is 222 g/mol. The largest absolute Gasteiger partial charge is 0.236 e. The van der Waals surface area contributed by atoms with Crippen molar-refractivity contribution in [1.82, 2.24) is 9.97 Å². The predicted molar refractivity (Wildman–Crippen MR) is 69.3 cm³/mol. The summed E-state index contributed by atoms with van der Waals surface area (Å²) in [5, 5.41) is 0. The van der Waals surface area contributed by atoms with E-state index >= 15 is 0 Å². The molecular weight excluding hydrogens is 208 g/mol. The van der Waals surface area contributed by atoms with E-state index in [1.54, 1.807) is 6.20 Å². The predicted octanol–water partition coefficient (Wildman–Crippen LogP) is 3.30. The Balaban J connectivity index is 2.27. The molecule has 2 aromatic rings. The second-order valence-corrected chi connectivity index (χ2v) is 3.68. The lowest BCUT2D eigenvalue weighted by Gasteiger charge is -1.99. The molecule has 2 nitrogen and oxygen atoms in total. The van der Waals surface area contributed by atoms with Gasteiger partial charge >= 0.3 is 0 Å². The van der Waals surface area contributed by atoms with E-state index < -0.39 is 0 Å². The third-order valence-corrected chi connectivity index (χ3v) is 2.28. The van der Waals surface area contributed by atoms with Crippen LogP contribution in [0.2, 0.25) is 0 Å². The molecule has 0 radical (unpaired) electrons. The van der Waals surface area contributed by atoms with Gasteiger partial charge in [0.1, 0.15) is 5.69 Å². The molecule has 0 saturated carbocycles. The molecule has 0 aliphatic carbocycles. The summed E-state index contributed by atoms with van der Waals surface area (Å²) in [7, 11) is 0. The van der Waals surface area contributed by atoms with Crippen LogP contribution in [0.3, 0.4) is 0 Å². The molecule has 84 valence electrons. The monoisotopic (exact) mass is 222 g/mol. The van der Waals surface area contributed by atoms with Crippen LogP contribution in [0.4, 0.5) is 0 Å². The number of hydrogen-bond acceptors (Lipinski definition) is 2. The summed E-state index contributed by atoms with van der Waals surface area (Å²) >= 11 is 0. The first-order valence-corrected chi connectivity index (χ1v) is 5.77. The van der Waals surface area contributed by atoms with E-state index in [0.717, 1.165) is 29.9 Å². The van der Waals surface area contributed by atoms with Crippen LogP contribution < -0.4 is 0 Å². The smallest absolute Gasteiger partial charge is 0.160 e. The summed E-state index contributed by atoms with van der Waals surface area (Å²) in [5.74, 6) is 6.87. The number of aromatic nitrogens is 2. The van der Waals surface area contributed by atoms with Crippen molar-refractivity contribution in [3.63, 3.8) is 0 Å². The van der Waals surface area contributed by atoms with Crippen LogP contribution in [0.15, 0.2) is 42.6 Å². The van der Waals surface area contributed by atoms with Crippen molar-refractivity contribution in [3.05, 3.63) is 48.3 Å². The molecule has 1 heterocycles. The Kier molecular flexibility index (Phi) is 3.88. The van der Waals surface area contributed by atoms with Crippen molar-refractivity contribution in [3.8, 4) is 23.2 Å². The van der Waals surface area contributed by atoms with E-state index in [4.69, 9.17) is 0 Å². The van der Waals surface area contributed by atoms with Gasteiger partial charge in [0.2, 0.25) is 0 Å². The Morgan fingerprint density at radius 1 is 1.12 bits per heavy atom. The molecule has 0 amide bonds. The average Bonchev–Trinajstić information content (AvgIpc) is 2.41. The zero-order chi connectivity index (χ0) is 11.9. The van der Waals surface area contributed by atoms with Crippen LogP contribution >= 0.6 is 0 Å². The minimum Gasteiger partial charge on any atom is -0.236 e. The lowest BCUT2D eigenvalue weighted by atomic mass is 10.2. The molecule has 2 rings (SSSR count). The molecule has 2 heteroatoms. The molecule has 0 aliphatic heterocycles. The Morgan fingerprint density at radius 3 is 2.71 bits per heavy atom. The Hall–Kier alpha value is -2.14. The molecule has 0 fully saturated rings. The molecule has 1 aromatic carbocycles. The molecule has 17 heavy (non-hydrogen) atoms. The SMILES string of the molecule is CCCC#Cc1ccnc(-c2ccccc2)n1. The highest BCUT2D eigenvalue weighted by atomic mass is 14.9. The van der Waals surface area contributed by atoms with Gasteiger partial charge in [-0.1, -0.05) is 43.2 Å². The topological polar surface area (TPSA) is 25.8 Å². The Labute approximate surface area is 102 Å². The quantitative estimate of drug-likeness (QED) is 0.729. The van der Waals surface area contributed by atoms with Crippen LogP contribution in [-0.2, 0) is 0 Å². The minimum atomic E-state index is 0.730. The molecule has 0 N–H and O–H groups in total. The first-order chi connectivity index (χ1) is 8.40. The van der Waals surface area contributed by atoms with Gasteiger partial charge in [0.25, 0.3) is 0 Å². The van der Waals surface area contributed by atoms with Crippen molar-refractivity contribution in [2.24, 2.45) is 0 Å². The van der Waals surface area contributed by atoms with Crippen LogP contribution in [0.5, 0.6) is 0 Å². The van der Waals surface area contributed by atoms with Crippen LogP contribution in [-0.4, -0.2) is 9.97 Å². The van der Waals surface area contributed by atoms with E-state index in [1.807, 2.05) is 36.4 Å². The lowest BCUT2D eigenvalue weighted by molar-refractivity contribution is 0.982. The van der Waals surface area contributed by atoms with Gasteiger partial charge in [0.15, 0.2) is 5.82 Å². The van der Waals surface area contributed by atoms with Gasteiger partial charge in [-0.15, -0.1) is 0 Å². The molecule has 0 bridgehead atoms. The molecule has 0 atom stereocenters. The summed E-state index contributed by atoms with van der Waals surface area (Å²) in [6.07, 6.45) is 3.74. The van der Waals surface area contributed by atoms with E-state index in [1.165, 1.54) is 0 Å². The summed E-state index contributed by atoms with van der Waals surface area (Å²) in [6.45, 7) is 2.12. The summed E-state index contributed by atoms with van der Waals surface area (Å²) in [5.41, 5.74) is 1.80. The van der Waals surface area contributed by atoms with Gasteiger partial charge in [-0.25, -0.2) is 9.97 Å². The van der Waals surface area contributed by atoms with E-state index in [0.29, 0.717) is 0 Å². The van der Waals surface area contributed by atoms with Crippen LogP contribution in [0, 0.1) is 11.8 Å². The zero-order valence-electron chi connectivity index (χ0n) is 9.85. The summed E-state index contributed by atoms with van der Waals surface area (Å²) in [6, 6.07) is 11.8. The van der Waals surface area contributed by atoms with Crippen LogP contribution in [0.1, 0.15) is 25.5 Å². The van der Waals surface area contributed by atoms with Gasteiger partial charge in [-0.05, 0) is 18.4 Å². The van der Waals surface area contributed by atoms with Gasteiger partial charge in [0, 0.05) is 18.2 Å². The Bertz CT molecular complexity index is 536. The maximum atomic E-state index is 4.43. The molecule has 0 spiro atoms. The standard InChI is InChI=1S/C15H14N2/c1-2-3-5-10-14-11-12-16-15(17-14)13-8-6-4-7-9-13/h4,6-9,11-12H,2-3H2,1H3. The van der Waals surface area contributed by atoms with E-state index in [-0.39, 0.29) is 0 Å². The minimum absolute atomic E-state index is 0.730. The third-order valence-electron chi connectivity index (χ3n) is 2.28. The molecule has 0 unspecified atom stereocenters. The van der Waals surface area contributed by atoms with Crippen molar-refractivity contribution in [1.29, 1.82) is 0 Å². The van der Waals surface area contributed by atoms with Crippen molar-refractivity contribution >= 4 is 0 Å². The highest BCUT2D eigenvalue weighted by Gasteiger charge is 1.99. The summed E-state index contributed by atoms with van der Waals surface area (Å²) in [4.78, 5) is 8.69. The highest BCUT2D eigenvalue weighted by Crippen LogP contribution is 2.13. The maximum absolute atomic E-state index is 4.43. The fourth-order valence-corrected chi connectivity index (χ4v) is 1.43. The lowest BCUT2D eigenvalue weighted by Crippen LogP contribution is -1.90. The molecule has 0 saturated heterocycles. The number of benzene rings is 1. The van der Waals surface area contributed by atoms with Gasteiger partial charge in [-0.3, -0.25) is 0 Å².